The Labute approximate surface area is 281 Å². The molecule has 1 aromatic heterocycles. The lowest BCUT2D eigenvalue weighted by Crippen LogP contribution is -2.46. The first-order valence-corrected chi connectivity index (χ1v) is 15.7. The third-order valence-corrected chi connectivity index (χ3v) is 6.83. The Balaban J connectivity index is 1.71. The van der Waals surface area contributed by atoms with Gasteiger partial charge in [0.2, 0.25) is 5.91 Å². The van der Waals surface area contributed by atoms with Crippen LogP contribution in [0.25, 0.3) is 10.9 Å². The van der Waals surface area contributed by atoms with E-state index in [1.165, 1.54) is 6.92 Å². The maximum absolute atomic E-state index is 13.3. The number of hydrogen-bond acceptors (Lipinski definition) is 9. The Morgan fingerprint density at radius 1 is 0.958 bits per heavy atom. The van der Waals surface area contributed by atoms with Crippen molar-refractivity contribution in [3.8, 4) is 12.3 Å². The minimum atomic E-state index is -1.13. The lowest BCUT2D eigenvalue weighted by atomic mass is 10.1. The largest absolute Gasteiger partial charge is 0.458 e. The van der Waals surface area contributed by atoms with Crippen molar-refractivity contribution in [3.63, 3.8) is 0 Å². The summed E-state index contributed by atoms with van der Waals surface area (Å²) >= 11 is 0. The highest BCUT2D eigenvalue weighted by molar-refractivity contribution is 5.97. The number of H-pyrrole nitrogens is 1. The van der Waals surface area contributed by atoms with Crippen LogP contribution in [-0.2, 0) is 30.4 Å². The average Bonchev–Trinajstić information content (AvgIpc) is 2.97. The van der Waals surface area contributed by atoms with Gasteiger partial charge in [-0.3, -0.25) is 14.4 Å². The van der Waals surface area contributed by atoms with Crippen molar-refractivity contribution < 1.29 is 28.7 Å². The second-order valence-electron chi connectivity index (χ2n) is 13.5. The number of benzene rings is 2. The Morgan fingerprint density at radius 3 is 2.19 bits per heavy atom. The highest BCUT2D eigenvalue weighted by Crippen LogP contribution is 2.20. The summed E-state index contributed by atoms with van der Waals surface area (Å²) in [6, 6.07) is 10.1. The van der Waals surface area contributed by atoms with Crippen molar-refractivity contribution in [1.29, 1.82) is 0 Å². The summed E-state index contributed by atoms with van der Waals surface area (Å²) in [4.78, 5) is 72.7. The minimum Gasteiger partial charge on any atom is -0.458 e. The molecule has 3 aromatic rings. The van der Waals surface area contributed by atoms with Gasteiger partial charge in [-0.15, -0.1) is 6.42 Å². The van der Waals surface area contributed by atoms with E-state index in [0.717, 1.165) is 11.3 Å². The first-order chi connectivity index (χ1) is 22.3. The summed E-state index contributed by atoms with van der Waals surface area (Å²) in [6.45, 7) is 14.2. The zero-order valence-corrected chi connectivity index (χ0v) is 28.9. The van der Waals surface area contributed by atoms with E-state index >= 15 is 0 Å². The van der Waals surface area contributed by atoms with E-state index in [-0.39, 0.29) is 30.5 Å². The van der Waals surface area contributed by atoms with Gasteiger partial charge in [0.1, 0.15) is 29.1 Å². The Bertz CT molecular complexity index is 1740. The molecule has 0 saturated carbocycles. The number of esters is 2. The third kappa shape index (κ3) is 11.3. The molecule has 0 aliphatic carbocycles. The van der Waals surface area contributed by atoms with Crippen LogP contribution in [0.5, 0.6) is 0 Å². The van der Waals surface area contributed by atoms with Gasteiger partial charge in [0.15, 0.2) is 0 Å². The molecule has 0 radical (unpaired) electrons. The number of nitrogens with zero attached hydrogens (tertiary/aromatic N) is 2. The number of amides is 2. The van der Waals surface area contributed by atoms with Gasteiger partial charge in [0.05, 0.1) is 17.4 Å². The third-order valence-electron chi connectivity index (χ3n) is 6.83. The maximum Gasteiger partial charge on any atom is 0.329 e. The van der Waals surface area contributed by atoms with E-state index in [0.29, 0.717) is 23.3 Å². The second kappa shape index (κ2) is 15.6. The van der Waals surface area contributed by atoms with Crippen molar-refractivity contribution >= 4 is 40.3 Å². The summed E-state index contributed by atoms with van der Waals surface area (Å²) in [5.74, 6) is 0.867. The van der Waals surface area contributed by atoms with Gasteiger partial charge >= 0.3 is 11.9 Å². The van der Waals surface area contributed by atoms with Crippen LogP contribution in [-0.4, -0.2) is 63.6 Å². The van der Waals surface area contributed by atoms with Crippen LogP contribution < -0.4 is 21.1 Å². The van der Waals surface area contributed by atoms with Crippen molar-refractivity contribution in [1.82, 2.24) is 20.6 Å². The van der Waals surface area contributed by atoms with E-state index in [1.807, 2.05) is 11.0 Å². The molecule has 48 heavy (non-hydrogen) atoms. The molecular weight excluding hydrogens is 614 g/mol. The molecule has 3 N–H and O–H groups in total. The van der Waals surface area contributed by atoms with Crippen LogP contribution in [0, 0.1) is 19.3 Å². The lowest BCUT2D eigenvalue weighted by Gasteiger charge is -2.25. The number of aromatic amines is 1. The topological polar surface area (TPSA) is 160 Å². The maximum atomic E-state index is 13.3. The molecule has 0 fully saturated rings. The van der Waals surface area contributed by atoms with Crippen molar-refractivity contribution in [2.75, 3.05) is 11.4 Å². The van der Waals surface area contributed by atoms with Gasteiger partial charge in [0.25, 0.3) is 11.5 Å². The molecule has 12 heteroatoms. The Kier molecular flexibility index (Phi) is 12.1. The summed E-state index contributed by atoms with van der Waals surface area (Å²) in [5.41, 5.74) is 0.688. The number of terminal acetylenes is 1. The molecule has 0 spiro atoms. The van der Waals surface area contributed by atoms with E-state index in [2.05, 4.69) is 26.5 Å². The fraction of sp³-hybridized carbons (Fsp3) is 0.444. The molecular formula is C36H45N5O7. The molecule has 0 aliphatic heterocycles. The number of aryl methyl sites for hydroxylation is 1. The van der Waals surface area contributed by atoms with E-state index in [1.54, 1.807) is 84.9 Å². The molecule has 2 atom stereocenters. The molecule has 256 valence electrons. The standard InChI is InChI=1S/C36H45N5O7/c1-10-19-41(21-24-11-16-28-27(20-24)32(44)39-23(3)38-28)26-14-12-25(13-15-26)31(43)40-29(34(46)48-36(7,8)9)17-18-30(42)37-22(2)33(45)47-35(4,5)6/h1,11-16,20,22,29H,17-19,21H2,2-9H3,(H,37,42)(H,40,43)(H,38,39,44)/t22-,29-/m0/s1. The van der Waals surface area contributed by atoms with E-state index in [9.17, 15) is 24.0 Å². The van der Waals surface area contributed by atoms with E-state index in [4.69, 9.17) is 15.9 Å². The lowest BCUT2D eigenvalue weighted by molar-refractivity contribution is -0.159. The predicted molar refractivity (Wildman–Crippen MR) is 183 cm³/mol. The monoisotopic (exact) mass is 659 g/mol. The predicted octanol–water partition coefficient (Wildman–Crippen LogP) is 3.94. The van der Waals surface area contributed by atoms with Gasteiger partial charge in [-0.2, -0.15) is 0 Å². The Morgan fingerprint density at radius 2 is 1.58 bits per heavy atom. The van der Waals surface area contributed by atoms with Crippen LogP contribution in [0.3, 0.4) is 0 Å². The van der Waals surface area contributed by atoms with Crippen LogP contribution in [0.2, 0.25) is 0 Å². The van der Waals surface area contributed by atoms with Crippen LogP contribution in [0.4, 0.5) is 5.69 Å². The number of hydrogen-bond donors (Lipinski definition) is 3. The number of carbonyl (C=O) groups is 4. The molecule has 12 nitrogen and oxygen atoms in total. The second-order valence-corrected chi connectivity index (χ2v) is 13.5. The smallest absolute Gasteiger partial charge is 0.329 e. The molecule has 0 unspecified atom stereocenters. The number of aromatic nitrogens is 2. The van der Waals surface area contributed by atoms with Gasteiger partial charge in [-0.1, -0.05) is 12.0 Å². The molecule has 2 aromatic carbocycles. The fourth-order valence-electron chi connectivity index (χ4n) is 4.70. The zero-order chi connectivity index (χ0) is 35.8. The van der Waals surface area contributed by atoms with E-state index < -0.39 is 47.0 Å². The summed E-state index contributed by atoms with van der Waals surface area (Å²) in [5, 5.41) is 5.73. The van der Waals surface area contributed by atoms with Gasteiger partial charge < -0.3 is 30.0 Å². The van der Waals surface area contributed by atoms with Gasteiger partial charge in [-0.05, 0) is 104 Å². The quantitative estimate of drug-likeness (QED) is 0.193. The summed E-state index contributed by atoms with van der Waals surface area (Å²) < 4.78 is 10.8. The van der Waals surface area contributed by atoms with Crippen molar-refractivity contribution in [3.05, 3.63) is 69.8 Å². The zero-order valence-electron chi connectivity index (χ0n) is 28.9. The fourth-order valence-corrected chi connectivity index (χ4v) is 4.70. The first-order valence-electron chi connectivity index (χ1n) is 15.7. The van der Waals surface area contributed by atoms with Gasteiger partial charge in [0, 0.05) is 24.2 Å². The molecule has 0 bridgehead atoms. The highest BCUT2D eigenvalue weighted by Gasteiger charge is 2.29. The molecule has 0 saturated heterocycles. The van der Waals surface area contributed by atoms with Gasteiger partial charge in [-0.25, -0.2) is 14.6 Å². The number of nitrogens with one attached hydrogen (secondary N) is 3. The van der Waals surface area contributed by atoms with Crippen LogP contribution in [0.15, 0.2) is 47.3 Å². The molecule has 1 heterocycles. The van der Waals surface area contributed by atoms with Crippen LogP contribution >= 0.6 is 0 Å². The molecule has 2 amide bonds. The SMILES string of the molecule is C#CCN(Cc1ccc2nc(C)[nH]c(=O)c2c1)c1ccc(C(=O)N[C@@H](CCC(=O)N[C@@H](C)C(=O)OC(C)(C)C)C(=O)OC(C)(C)C)cc1. The van der Waals surface area contributed by atoms with Crippen LogP contribution in [0.1, 0.15) is 83.1 Å². The number of ether oxygens (including phenoxy) is 2. The first kappa shape index (κ1) is 37.3. The molecule has 0 aliphatic rings. The summed E-state index contributed by atoms with van der Waals surface area (Å²) in [6.07, 6.45) is 5.43. The highest BCUT2D eigenvalue weighted by atomic mass is 16.6. The Hall–Kier alpha value is -5.18. The minimum absolute atomic E-state index is 0.0642. The number of rotatable bonds is 12. The average molecular weight is 660 g/mol. The summed E-state index contributed by atoms with van der Waals surface area (Å²) in [7, 11) is 0. The molecule has 3 rings (SSSR count). The number of fused-ring (bicyclic) bond motifs is 1. The van der Waals surface area contributed by atoms with Crippen molar-refractivity contribution in [2.24, 2.45) is 0 Å². The number of carbonyl (C=O) groups excluding carboxylic acids is 4. The normalized spacial score (nSPS) is 12.7. The van der Waals surface area contributed by atoms with Crippen molar-refractivity contribution in [2.45, 2.75) is 98.1 Å². The number of anilines is 1.